The third kappa shape index (κ3) is 1.57. The van der Waals surface area contributed by atoms with Gasteiger partial charge in [0.05, 0.1) is 15.0 Å². The molecule has 0 saturated heterocycles. The van der Waals surface area contributed by atoms with Gasteiger partial charge >= 0.3 is 0 Å². The number of rotatable bonds is 1. The first-order valence-corrected chi connectivity index (χ1v) is 5.41. The van der Waals surface area contributed by atoms with Crippen molar-refractivity contribution in [3.63, 3.8) is 0 Å². The highest BCUT2D eigenvalue weighted by Gasteiger charge is 2.19. The van der Waals surface area contributed by atoms with Crippen LogP contribution in [0.25, 0.3) is 10.2 Å². The van der Waals surface area contributed by atoms with Crippen LogP contribution in [-0.2, 0) is 0 Å². The summed E-state index contributed by atoms with van der Waals surface area (Å²) in [5.74, 6) is 0. The summed E-state index contributed by atoms with van der Waals surface area (Å²) < 4.78 is 0.549. The zero-order valence-corrected chi connectivity index (χ0v) is 9.65. The van der Waals surface area contributed by atoms with Gasteiger partial charge in [-0.1, -0.05) is 11.6 Å². The summed E-state index contributed by atoms with van der Waals surface area (Å²) in [5.41, 5.74) is 1.30. The molecule has 0 fully saturated rings. The van der Waals surface area contributed by atoms with E-state index in [9.17, 15) is 10.1 Å². The molecular weight excluding hydrogens is 236 g/mol. The Morgan fingerprint density at radius 1 is 1.53 bits per heavy atom. The molecule has 0 atom stereocenters. The van der Waals surface area contributed by atoms with Crippen molar-refractivity contribution in [3.8, 4) is 0 Å². The first-order valence-electron chi connectivity index (χ1n) is 4.21. The van der Waals surface area contributed by atoms with E-state index in [-0.39, 0.29) is 5.69 Å². The van der Waals surface area contributed by atoms with Crippen molar-refractivity contribution < 1.29 is 4.92 Å². The summed E-state index contributed by atoms with van der Waals surface area (Å²) in [6, 6.07) is 1.49. The summed E-state index contributed by atoms with van der Waals surface area (Å²) in [7, 11) is 0. The highest BCUT2D eigenvalue weighted by atomic mass is 35.5. The van der Waals surface area contributed by atoms with Gasteiger partial charge in [-0.3, -0.25) is 10.1 Å². The quantitative estimate of drug-likeness (QED) is 0.568. The van der Waals surface area contributed by atoms with Crippen LogP contribution in [0.1, 0.15) is 10.6 Å². The maximum atomic E-state index is 10.8. The van der Waals surface area contributed by atoms with Crippen LogP contribution in [0.4, 0.5) is 5.69 Å². The predicted octanol–water partition coefficient (Wildman–Crippen LogP) is 3.47. The van der Waals surface area contributed by atoms with E-state index in [0.29, 0.717) is 20.8 Å². The lowest BCUT2D eigenvalue weighted by Crippen LogP contribution is -1.90. The van der Waals surface area contributed by atoms with E-state index >= 15 is 0 Å². The lowest BCUT2D eigenvalue weighted by Gasteiger charge is -1.99. The van der Waals surface area contributed by atoms with E-state index in [1.807, 2.05) is 0 Å². The number of benzene rings is 1. The van der Waals surface area contributed by atoms with Gasteiger partial charge in [-0.2, -0.15) is 0 Å². The molecule has 1 heterocycles. The van der Waals surface area contributed by atoms with Gasteiger partial charge in [-0.15, -0.1) is 11.3 Å². The van der Waals surface area contributed by atoms with E-state index in [1.54, 1.807) is 13.8 Å². The third-order valence-corrected chi connectivity index (χ3v) is 3.54. The second kappa shape index (κ2) is 3.43. The number of nitro groups is 1. The highest BCUT2D eigenvalue weighted by Crippen LogP contribution is 2.37. The molecule has 0 unspecified atom stereocenters. The minimum Gasteiger partial charge on any atom is -0.258 e. The van der Waals surface area contributed by atoms with Crippen LogP contribution in [0.2, 0.25) is 5.02 Å². The largest absolute Gasteiger partial charge is 0.289 e. The molecule has 1 aromatic heterocycles. The molecule has 0 radical (unpaired) electrons. The number of hydrogen-bond acceptors (Lipinski definition) is 4. The summed E-state index contributed by atoms with van der Waals surface area (Å²) in [4.78, 5) is 14.6. The normalized spacial score (nSPS) is 10.9. The third-order valence-electron chi connectivity index (χ3n) is 2.07. The smallest absolute Gasteiger partial charge is 0.258 e. The molecule has 2 aromatic rings. The first-order chi connectivity index (χ1) is 7.00. The topological polar surface area (TPSA) is 56.0 Å². The lowest BCUT2D eigenvalue weighted by atomic mass is 10.2. The minimum atomic E-state index is -0.400. The number of halogens is 1. The predicted molar refractivity (Wildman–Crippen MR) is 60.8 cm³/mol. The molecule has 15 heavy (non-hydrogen) atoms. The Hall–Kier alpha value is -1.20. The number of fused-ring (bicyclic) bond motifs is 1. The maximum Gasteiger partial charge on any atom is 0.289 e. The number of non-ortho nitro benzene ring substituents is 1. The van der Waals surface area contributed by atoms with Crippen LogP contribution in [0.3, 0.4) is 0 Å². The summed E-state index contributed by atoms with van der Waals surface area (Å²) >= 11 is 7.33. The van der Waals surface area contributed by atoms with Crippen molar-refractivity contribution in [2.75, 3.05) is 0 Å². The molecule has 78 valence electrons. The van der Waals surface area contributed by atoms with Crippen LogP contribution in [0.15, 0.2) is 6.07 Å². The molecule has 0 N–H and O–H groups in total. The van der Waals surface area contributed by atoms with Crippen molar-refractivity contribution in [1.82, 2.24) is 4.98 Å². The van der Waals surface area contributed by atoms with Crippen molar-refractivity contribution in [3.05, 3.63) is 31.8 Å². The first kappa shape index (κ1) is 10.3. The molecule has 0 amide bonds. The molecule has 0 spiro atoms. The number of nitrogens with zero attached hydrogens (tertiary/aromatic N) is 2. The second-order valence-electron chi connectivity index (χ2n) is 3.19. The fourth-order valence-electron chi connectivity index (χ4n) is 1.41. The van der Waals surface area contributed by atoms with E-state index in [2.05, 4.69) is 4.98 Å². The van der Waals surface area contributed by atoms with Crippen LogP contribution < -0.4 is 0 Å². The number of aromatic nitrogens is 1. The van der Waals surface area contributed by atoms with Gasteiger partial charge in [0.1, 0.15) is 10.2 Å². The zero-order valence-electron chi connectivity index (χ0n) is 8.07. The van der Waals surface area contributed by atoms with Gasteiger partial charge < -0.3 is 0 Å². The number of nitro benzene ring substituents is 1. The van der Waals surface area contributed by atoms with Crippen molar-refractivity contribution in [2.45, 2.75) is 13.8 Å². The van der Waals surface area contributed by atoms with E-state index in [4.69, 9.17) is 11.6 Å². The Labute approximate surface area is 94.7 Å². The molecule has 0 aliphatic carbocycles. The Kier molecular flexibility index (Phi) is 2.36. The zero-order chi connectivity index (χ0) is 11.2. The Balaban J connectivity index is 2.93. The second-order valence-corrected chi connectivity index (χ2v) is 4.78. The SMILES string of the molecule is Cc1nc2c(Cl)c(C)cc([N+](=O)[O-])c2s1. The summed E-state index contributed by atoms with van der Waals surface area (Å²) in [6.07, 6.45) is 0. The van der Waals surface area contributed by atoms with E-state index < -0.39 is 4.92 Å². The van der Waals surface area contributed by atoms with Crippen LogP contribution in [0, 0.1) is 24.0 Å². The summed E-state index contributed by atoms with van der Waals surface area (Å²) in [6.45, 7) is 3.55. The fraction of sp³-hybridized carbons (Fsp3) is 0.222. The number of hydrogen-bond donors (Lipinski definition) is 0. The molecule has 0 aliphatic rings. The Bertz CT molecular complexity index is 565. The van der Waals surface area contributed by atoms with E-state index in [0.717, 1.165) is 5.01 Å². The monoisotopic (exact) mass is 242 g/mol. The van der Waals surface area contributed by atoms with Gasteiger partial charge in [-0.25, -0.2) is 4.98 Å². The van der Waals surface area contributed by atoms with Gasteiger partial charge in [0.25, 0.3) is 5.69 Å². The summed E-state index contributed by atoms with van der Waals surface area (Å²) in [5, 5.41) is 12.1. The highest BCUT2D eigenvalue weighted by molar-refractivity contribution is 7.19. The number of aryl methyl sites for hydroxylation is 2. The Morgan fingerprint density at radius 2 is 2.20 bits per heavy atom. The molecule has 1 aromatic carbocycles. The molecule has 0 aliphatic heterocycles. The molecule has 0 saturated carbocycles. The van der Waals surface area contributed by atoms with Gasteiger partial charge in [0, 0.05) is 6.07 Å². The van der Waals surface area contributed by atoms with Crippen LogP contribution in [0.5, 0.6) is 0 Å². The molecule has 2 rings (SSSR count). The van der Waals surface area contributed by atoms with Crippen molar-refractivity contribution >= 4 is 38.8 Å². The minimum absolute atomic E-state index is 0.0810. The molecule has 6 heteroatoms. The van der Waals surface area contributed by atoms with Crippen LogP contribution >= 0.6 is 22.9 Å². The van der Waals surface area contributed by atoms with Gasteiger partial charge in [0.2, 0.25) is 0 Å². The number of thiazole rings is 1. The van der Waals surface area contributed by atoms with Gasteiger partial charge in [0.15, 0.2) is 0 Å². The Morgan fingerprint density at radius 3 is 2.80 bits per heavy atom. The molecule has 4 nitrogen and oxygen atoms in total. The lowest BCUT2D eigenvalue weighted by molar-refractivity contribution is -0.382. The average molecular weight is 243 g/mol. The molecular formula is C9H7ClN2O2S. The van der Waals surface area contributed by atoms with E-state index in [1.165, 1.54) is 17.4 Å². The maximum absolute atomic E-state index is 10.8. The average Bonchev–Trinajstić information content (AvgIpc) is 2.53. The van der Waals surface area contributed by atoms with Crippen molar-refractivity contribution in [1.29, 1.82) is 0 Å². The van der Waals surface area contributed by atoms with Crippen molar-refractivity contribution in [2.24, 2.45) is 0 Å². The standard InChI is InChI=1S/C9H7ClN2O2S/c1-4-3-6(12(13)14)9-8(7(4)10)11-5(2)15-9/h3H,1-2H3. The fourth-order valence-corrected chi connectivity index (χ4v) is 2.57. The van der Waals surface area contributed by atoms with Gasteiger partial charge in [-0.05, 0) is 19.4 Å². The van der Waals surface area contributed by atoms with Crippen LogP contribution in [-0.4, -0.2) is 9.91 Å². The molecule has 0 bridgehead atoms.